The quantitative estimate of drug-likeness (QED) is 0.569. The summed E-state index contributed by atoms with van der Waals surface area (Å²) in [6, 6.07) is 12.3. The average molecular weight is 438 g/mol. The molecule has 0 aliphatic carbocycles. The lowest BCUT2D eigenvalue weighted by Crippen LogP contribution is -2.44. The Morgan fingerprint density at radius 3 is 2.48 bits per heavy atom. The molecular weight excluding hydrogens is 410 g/mol. The summed E-state index contributed by atoms with van der Waals surface area (Å²) >= 11 is 6.33. The molecule has 1 saturated heterocycles. The summed E-state index contributed by atoms with van der Waals surface area (Å²) in [6.07, 6.45) is 3.48. The maximum atomic E-state index is 6.33. The number of piperazine rings is 1. The number of nitrogens with one attached hydrogen (secondary N) is 2. The fraction of sp³-hybridized carbons (Fsp3) is 0.348. The van der Waals surface area contributed by atoms with Gasteiger partial charge in [0.25, 0.3) is 0 Å². The molecule has 7 nitrogen and oxygen atoms in total. The Morgan fingerprint density at radius 2 is 1.77 bits per heavy atom. The predicted molar refractivity (Wildman–Crippen MR) is 128 cm³/mol. The number of likely N-dealkylation sites (N-methyl/N-ethyl adjacent to an activating group) is 1. The van der Waals surface area contributed by atoms with Crippen molar-refractivity contribution in [1.82, 2.24) is 19.9 Å². The molecule has 1 aliphatic rings. The molecule has 1 aromatic carbocycles. The lowest BCUT2D eigenvalue weighted by atomic mass is 10.0. The van der Waals surface area contributed by atoms with Crippen LogP contribution in [-0.2, 0) is 0 Å². The molecule has 0 spiro atoms. The van der Waals surface area contributed by atoms with E-state index in [4.69, 9.17) is 11.6 Å². The Hall–Kier alpha value is -2.90. The van der Waals surface area contributed by atoms with E-state index in [2.05, 4.69) is 74.5 Å². The summed E-state index contributed by atoms with van der Waals surface area (Å²) < 4.78 is 0. The molecule has 0 atom stereocenters. The lowest BCUT2D eigenvalue weighted by molar-refractivity contribution is 0.313. The topological polar surface area (TPSA) is 69.2 Å². The van der Waals surface area contributed by atoms with Gasteiger partial charge in [-0.2, -0.15) is 4.98 Å². The fourth-order valence-corrected chi connectivity index (χ4v) is 3.59. The molecular formula is C23H28ClN7. The Bertz CT molecular complexity index is 1010. The van der Waals surface area contributed by atoms with E-state index in [1.165, 1.54) is 5.56 Å². The Balaban J connectivity index is 1.45. The third-order valence-corrected chi connectivity index (χ3v) is 5.69. The van der Waals surface area contributed by atoms with Gasteiger partial charge in [-0.15, -0.1) is 0 Å². The van der Waals surface area contributed by atoms with Crippen molar-refractivity contribution >= 4 is 40.6 Å². The Kier molecular flexibility index (Phi) is 6.53. The second-order valence-electron chi connectivity index (χ2n) is 8.11. The summed E-state index contributed by atoms with van der Waals surface area (Å²) in [5.41, 5.74) is 3.31. The summed E-state index contributed by atoms with van der Waals surface area (Å²) in [6.45, 7) is 8.49. The summed E-state index contributed by atoms with van der Waals surface area (Å²) in [5.74, 6) is 2.12. The molecule has 3 aromatic rings. The molecule has 0 unspecified atom stereocenters. The van der Waals surface area contributed by atoms with Crippen LogP contribution in [0, 0.1) is 0 Å². The molecule has 2 N–H and O–H groups in total. The smallest absolute Gasteiger partial charge is 0.230 e. The van der Waals surface area contributed by atoms with Gasteiger partial charge in [0.2, 0.25) is 5.95 Å². The monoisotopic (exact) mass is 437 g/mol. The van der Waals surface area contributed by atoms with Gasteiger partial charge in [0.15, 0.2) is 5.82 Å². The summed E-state index contributed by atoms with van der Waals surface area (Å²) in [5, 5.41) is 6.92. The Labute approximate surface area is 188 Å². The zero-order valence-corrected chi connectivity index (χ0v) is 18.9. The second-order valence-corrected chi connectivity index (χ2v) is 8.52. The second kappa shape index (κ2) is 9.49. The molecule has 0 radical (unpaired) electrons. The van der Waals surface area contributed by atoms with Crippen LogP contribution in [0.3, 0.4) is 0 Å². The van der Waals surface area contributed by atoms with Crippen LogP contribution in [0.25, 0.3) is 0 Å². The fourth-order valence-electron chi connectivity index (χ4n) is 3.45. The largest absolute Gasteiger partial charge is 0.368 e. The van der Waals surface area contributed by atoms with E-state index in [-0.39, 0.29) is 0 Å². The highest BCUT2D eigenvalue weighted by Crippen LogP contribution is 2.27. The Morgan fingerprint density at radius 1 is 0.968 bits per heavy atom. The van der Waals surface area contributed by atoms with Crippen molar-refractivity contribution in [2.75, 3.05) is 48.8 Å². The number of aromatic nitrogens is 3. The number of nitrogens with zero attached hydrogens (tertiary/aromatic N) is 5. The van der Waals surface area contributed by atoms with E-state index < -0.39 is 0 Å². The molecule has 162 valence electrons. The van der Waals surface area contributed by atoms with Crippen LogP contribution in [0.5, 0.6) is 0 Å². The number of anilines is 5. The van der Waals surface area contributed by atoms with Gasteiger partial charge in [-0.1, -0.05) is 37.6 Å². The molecule has 2 aromatic heterocycles. The highest BCUT2D eigenvalue weighted by Gasteiger charge is 2.14. The van der Waals surface area contributed by atoms with Crippen LogP contribution in [0.1, 0.15) is 25.3 Å². The van der Waals surface area contributed by atoms with Crippen molar-refractivity contribution in [2.24, 2.45) is 0 Å². The van der Waals surface area contributed by atoms with Crippen molar-refractivity contribution in [1.29, 1.82) is 0 Å². The zero-order valence-electron chi connectivity index (χ0n) is 18.1. The van der Waals surface area contributed by atoms with Gasteiger partial charge in [-0.05, 0) is 42.8 Å². The van der Waals surface area contributed by atoms with Crippen LogP contribution in [-0.4, -0.2) is 53.1 Å². The highest BCUT2D eigenvalue weighted by molar-refractivity contribution is 6.32. The average Bonchev–Trinajstić information content (AvgIpc) is 2.77. The minimum Gasteiger partial charge on any atom is -0.368 e. The normalized spacial score (nSPS) is 14.7. The van der Waals surface area contributed by atoms with Gasteiger partial charge in [-0.3, -0.25) is 0 Å². The number of pyridine rings is 1. The van der Waals surface area contributed by atoms with Gasteiger partial charge < -0.3 is 20.4 Å². The molecule has 0 amide bonds. The molecule has 0 saturated carbocycles. The first-order valence-corrected chi connectivity index (χ1v) is 10.9. The molecule has 0 bridgehead atoms. The molecule has 1 aliphatic heterocycles. The van der Waals surface area contributed by atoms with E-state index in [1.54, 1.807) is 6.20 Å². The SMILES string of the molecule is CC(C)c1cccc(Nc2nc(Nc3ccc(N4CCN(C)CC4)cn3)ncc2Cl)c1. The van der Waals surface area contributed by atoms with Crippen molar-refractivity contribution in [2.45, 2.75) is 19.8 Å². The predicted octanol–water partition coefficient (Wildman–Crippen LogP) is 4.89. The summed E-state index contributed by atoms with van der Waals surface area (Å²) in [7, 11) is 2.15. The van der Waals surface area contributed by atoms with Gasteiger partial charge in [0, 0.05) is 31.9 Å². The van der Waals surface area contributed by atoms with Gasteiger partial charge in [0.05, 0.1) is 18.1 Å². The van der Waals surface area contributed by atoms with Crippen LogP contribution in [0.15, 0.2) is 48.8 Å². The van der Waals surface area contributed by atoms with Crippen molar-refractivity contribution in [3.05, 3.63) is 59.4 Å². The van der Waals surface area contributed by atoms with E-state index in [0.717, 1.165) is 37.6 Å². The van der Waals surface area contributed by atoms with Crippen LogP contribution in [0.2, 0.25) is 5.02 Å². The molecule has 4 rings (SSSR count). The standard InChI is InChI=1S/C23H28ClN7/c1-16(2)17-5-4-6-18(13-17)27-22-20(24)15-26-23(29-22)28-21-8-7-19(14-25-21)31-11-9-30(3)10-12-31/h4-8,13-16H,9-12H2,1-3H3,(H2,25,26,27,28,29). The van der Waals surface area contributed by atoms with Crippen LogP contribution < -0.4 is 15.5 Å². The van der Waals surface area contributed by atoms with Crippen molar-refractivity contribution < 1.29 is 0 Å². The molecule has 8 heteroatoms. The van der Waals surface area contributed by atoms with Gasteiger partial charge in [0.1, 0.15) is 10.8 Å². The van der Waals surface area contributed by atoms with Gasteiger partial charge in [-0.25, -0.2) is 9.97 Å². The highest BCUT2D eigenvalue weighted by atomic mass is 35.5. The molecule has 31 heavy (non-hydrogen) atoms. The first-order chi connectivity index (χ1) is 15.0. The number of hydrogen-bond donors (Lipinski definition) is 2. The summed E-state index contributed by atoms with van der Waals surface area (Å²) in [4.78, 5) is 18.1. The van der Waals surface area contributed by atoms with E-state index in [1.807, 2.05) is 24.4 Å². The maximum Gasteiger partial charge on any atom is 0.230 e. The van der Waals surface area contributed by atoms with Crippen LogP contribution >= 0.6 is 11.6 Å². The number of halogens is 1. The lowest BCUT2D eigenvalue weighted by Gasteiger charge is -2.33. The molecule has 3 heterocycles. The van der Waals surface area contributed by atoms with E-state index in [9.17, 15) is 0 Å². The number of rotatable bonds is 6. The van der Waals surface area contributed by atoms with E-state index in [0.29, 0.717) is 28.5 Å². The third kappa shape index (κ3) is 5.42. The first-order valence-electron chi connectivity index (χ1n) is 10.5. The maximum absolute atomic E-state index is 6.33. The van der Waals surface area contributed by atoms with Gasteiger partial charge >= 0.3 is 0 Å². The van der Waals surface area contributed by atoms with Crippen LogP contribution in [0.4, 0.5) is 29.0 Å². The van der Waals surface area contributed by atoms with Crippen molar-refractivity contribution in [3.63, 3.8) is 0 Å². The number of benzene rings is 1. The van der Waals surface area contributed by atoms with Crippen molar-refractivity contribution in [3.8, 4) is 0 Å². The third-order valence-electron chi connectivity index (χ3n) is 5.42. The number of hydrogen-bond acceptors (Lipinski definition) is 7. The molecule has 1 fully saturated rings. The minimum absolute atomic E-state index is 0.437. The first kappa shape index (κ1) is 21.3. The minimum atomic E-state index is 0.437. The van der Waals surface area contributed by atoms with E-state index >= 15 is 0 Å². The zero-order chi connectivity index (χ0) is 21.8.